The van der Waals surface area contributed by atoms with Gasteiger partial charge in [0, 0.05) is 17.5 Å². The zero-order valence-corrected chi connectivity index (χ0v) is 20.1. The predicted octanol–water partition coefficient (Wildman–Crippen LogP) is 4.04. The Balaban J connectivity index is 1.66. The molecule has 2 heterocycles. The zero-order chi connectivity index (χ0) is 25.6. The second-order valence-electron chi connectivity index (χ2n) is 9.24. The van der Waals surface area contributed by atoms with Gasteiger partial charge < -0.3 is 5.11 Å². The van der Waals surface area contributed by atoms with Gasteiger partial charge in [0.25, 0.3) is 0 Å². The highest BCUT2D eigenvalue weighted by Gasteiger charge is 2.68. The Morgan fingerprint density at radius 3 is 2.39 bits per heavy atom. The van der Waals surface area contributed by atoms with E-state index in [9.17, 15) is 24.8 Å². The van der Waals surface area contributed by atoms with Gasteiger partial charge in [-0.25, -0.2) is 4.90 Å². The quantitative estimate of drug-likeness (QED) is 0.513. The molecule has 3 aromatic rings. The number of aliphatic carboxylic acids is 1. The zero-order valence-electron chi connectivity index (χ0n) is 19.3. The van der Waals surface area contributed by atoms with Crippen LogP contribution in [0.4, 0.5) is 5.69 Å². The number of carbonyl (C=O) groups excluding carboxylic acids is 2. The van der Waals surface area contributed by atoms with Crippen molar-refractivity contribution in [2.45, 2.75) is 24.9 Å². The summed E-state index contributed by atoms with van der Waals surface area (Å²) in [7, 11) is 0. The number of imide groups is 1. The van der Waals surface area contributed by atoms with E-state index in [4.69, 9.17) is 11.6 Å². The lowest BCUT2D eigenvalue weighted by molar-refractivity contribution is -0.148. The standard InChI is InChI=1S/C28H22ClN3O4/c1-16-7-12-20(13-21(16)29)32-25(33)22-23(26(32)34)28(27(35)36,14-17-5-3-2-4-6-17)31-24(22)19-10-8-18(15-30)9-11-19/h2-13,22-24,31H,14H2,1H3,(H,35,36). The number of rotatable bonds is 5. The molecule has 2 aliphatic rings. The molecule has 0 radical (unpaired) electrons. The summed E-state index contributed by atoms with van der Waals surface area (Å²) in [6, 6.07) is 21.9. The number of anilines is 1. The van der Waals surface area contributed by atoms with Crippen LogP contribution in [0.3, 0.4) is 0 Å². The fourth-order valence-electron chi connectivity index (χ4n) is 5.38. The fourth-order valence-corrected chi connectivity index (χ4v) is 5.56. The molecule has 8 heteroatoms. The molecule has 0 aliphatic carbocycles. The number of carbonyl (C=O) groups is 3. The van der Waals surface area contributed by atoms with E-state index in [-0.39, 0.29) is 6.42 Å². The number of carboxylic acids is 1. The molecule has 2 N–H and O–H groups in total. The predicted molar refractivity (Wildman–Crippen MR) is 133 cm³/mol. The molecule has 2 fully saturated rings. The summed E-state index contributed by atoms with van der Waals surface area (Å²) in [5.41, 5.74) is 1.18. The average molecular weight is 500 g/mol. The van der Waals surface area contributed by atoms with Crippen LogP contribution in [0.15, 0.2) is 72.8 Å². The fraction of sp³-hybridized carbons (Fsp3) is 0.214. The largest absolute Gasteiger partial charge is 0.480 e. The lowest BCUT2D eigenvalue weighted by Gasteiger charge is -2.31. The Labute approximate surface area is 212 Å². The van der Waals surface area contributed by atoms with Crippen molar-refractivity contribution in [2.24, 2.45) is 11.8 Å². The van der Waals surface area contributed by atoms with Crippen molar-refractivity contribution in [1.29, 1.82) is 5.26 Å². The van der Waals surface area contributed by atoms with Crippen LogP contribution in [0.25, 0.3) is 0 Å². The molecule has 0 spiro atoms. The lowest BCUT2D eigenvalue weighted by Crippen LogP contribution is -2.57. The number of hydrogen-bond acceptors (Lipinski definition) is 5. The van der Waals surface area contributed by atoms with Gasteiger partial charge in [-0.15, -0.1) is 0 Å². The first-order valence-electron chi connectivity index (χ1n) is 11.5. The van der Waals surface area contributed by atoms with Crippen LogP contribution in [0, 0.1) is 30.1 Å². The molecule has 36 heavy (non-hydrogen) atoms. The summed E-state index contributed by atoms with van der Waals surface area (Å²) in [5, 5.41) is 23.3. The second kappa shape index (κ2) is 8.90. The Kier molecular flexibility index (Phi) is 5.87. The average Bonchev–Trinajstić information content (AvgIpc) is 3.35. The molecule has 2 aliphatic heterocycles. The Bertz CT molecular complexity index is 1420. The lowest BCUT2D eigenvalue weighted by atomic mass is 9.76. The van der Waals surface area contributed by atoms with Gasteiger partial charge in [0.2, 0.25) is 11.8 Å². The van der Waals surface area contributed by atoms with Crippen LogP contribution in [0.2, 0.25) is 5.02 Å². The maximum Gasteiger partial charge on any atom is 0.325 e. The van der Waals surface area contributed by atoms with Gasteiger partial charge in [0.1, 0.15) is 5.54 Å². The number of hydrogen-bond donors (Lipinski definition) is 2. The number of nitrogens with one attached hydrogen (secondary N) is 1. The van der Waals surface area contributed by atoms with Crippen LogP contribution in [0.1, 0.15) is 28.3 Å². The molecule has 4 unspecified atom stereocenters. The monoisotopic (exact) mass is 499 g/mol. The maximum absolute atomic E-state index is 13.9. The van der Waals surface area contributed by atoms with Gasteiger partial charge in [-0.3, -0.25) is 19.7 Å². The molecule has 4 atom stereocenters. The van der Waals surface area contributed by atoms with E-state index >= 15 is 0 Å². The van der Waals surface area contributed by atoms with Gasteiger partial charge in [-0.05, 0) is 47.9 Å². The maximum atomic E-state index is 13.9. The van der Waals surface area contributed by atoms with Crippen molar-refractivity contribution in [2.75, 3.05) is 4.90 Å². The topological polar surface area (TPSA) is 110 Å². The minimum Gasteiger partial charge on any atom is -0.480 e. The van der Waals surface area contributed by atoms with Gasteiger partial charge in [-0.2, -0.15) is 5.26 Å². The molecule has 7 nitrogen and oxygen atoms in total. The highest BCUT2D eigenvalue weighted by molar-refractivity contribution is 6.32. The van der Waals surface area contributed by atoms with E-state index in [2.05, 4.69) is 11.4 Å². The van der Waals surface area contributed by atoms with Crippen LogP contribution in [0.5, 0.6) is 0 Å². The van der Waals surface area contributed by atoms with Crippen molar-refractivity contribution < 1.29 is 19.5 Å². The van der Waals surface area contributed by atoms with E-state index in [0.717, 1.165) is 16.0 Å². The molecule has 2 saturated heterocycles. The highest BCUT2D eigenvalue weighted by atomic mass is 35.5. The van der Waals surface area contributed by atoms with E-state index in [1.807, 2.05) is 13.0 Å². The van der Waals surface area contributed by atoms with E-state index in [1.165, 1.54) is 0 Å². The van der Waals surface area contributed by atoms with Crippen molar-refractivity contribution in [3.05, 3.63) is 100 Å². The number of nitrogens with zero attached hydrogens (tertiary/aromatic N) is 2. The number of amides is 2. The van der Waals surface area contributed by atoms with Gasteiger partial charge >= 0.3 is 5.97 Å². The van der Waals surface area contributed by atoms with Gasteiger partial charge in [0.15, 0.2) is 0 Å². The van der Waals surface area contributed by atoms with Gasteiger partial charge in [-0.1, -0.05) is 60.1 Å². The number of benzene rings is 3. The summed E-state index contributed by atoms with van der Waals surface area (Å²) in [6.07, 6.45) is 0.0125. The van der Waals surface area contributed by atoms with Crippen molar-refractivity contribution in [3.63, 3.8) is 0 Å². The SMILES string of the molecule is Cc1ccc(N2C(=O)C3C(c4ccc(C#N)cc4)NC(Cc4ccccc4)(C(=O)O)C3C2=O)cc1Cl. The highest BCUT2D eigenvalue weighted by Crippen LogP contribution is 2.51. The minimum absolute atomic E-state index is 0.0125. The summed E-state index contributed by atoms with van der Waals surface area (Å²) >= 11 is 6.29. The van der Waals surface area contributed by atoms with Crippen LogP contribution in [-0.2, 0) is 20.8 Å². The first kappa shape index (κ1) is 23.7. The number of aryl methyl sites for hydroxylation is 1. The minimum atomic E-state index is -1.72. The number of carboxylic acid groups (broad SMARTS) is 1. The van der Waals surface area contributed by atoms with E-state index in [1.54, 1.807) is 66.7 Å². The normalized spacial score (nSPS) is 25.0. The molecule has 2 amide bonds. The Hall–Kier alpha value is -3.99. The molecular weight excluding hydrogens is 478 g/mol. The molecular formula is C28H22ClN3O4. The van der Waals surface area contributed by atoms with Crippen LogP contribution < -0.4 is 10.2 Å². The van der Waals surface area contributed by atoms with E-state index < -0.39 is 41.2 Å². The third-order valence-electron chi connectivity index (χ3n) is 7.17. The third-order valence-corrected chi connectivity index (χ3v) is 7.58. The number of halogens is 1. The van der Waals surface area contributed by atoms with Gasteiger partial charge in [0.05, 0.1) is 29.2 Å². The first-order valence-corrected chi connectivity index (χ1v) is 11.8. The second-order valence-corrected chi connectivity index (χ2v) is 9.65. The third kappa shape index (κ3) is 3.67. The van der Waals surface area contributed by atoms with Crippen LogP contribution >= 0.6 is 11.6 Å². The molecule has 0 aromatic heterocycles. The van der Waals surface area contributed by atoms with Crippen molar-refractivity contribution in [1.82, 2.24) is 5.32 Å². The summed E-state index contributed by atoms with van der Waals surface area (Å²) in [5.74, 6) is -4.37. The summed E-state index contributed by atoms with van der Waals surface area (Å²) in [6.45, 7) is 1.81. The molecule has 0 saturated carbocycles. The van der Waals surface area contributed by atoms with Crippen molar-refractivity contribution >= 4 is 35.1 Å². The smallest absolute Gasteiger partial charge is 0.325 e. The van der Waals surface area contributed by atoms with Crippen molar-refractivity contribution in [3.8, 4) is 6.07 Å². The summed E-state index contributed by atoms with van der Waals surface area (Å²) in [4.78, 5) is 41.7. The number of nitriles is 1. The molecule has 0 bridgehead atoms. The van der Waals surface area contributed by atoms with E-state index in [0.29, 0.717) is 21.8 Å². The summed E-state index contributed by atoms with van der Waals surface area (Å²) < 4.78 is 0. The first-order chi connectivity index (χ1) is 17.3. The molecule has 180 valence electrons. The number of fused-ring (bicyclic) bond motifs is 1. The molecule has 3 aromatic carbocycles. The van der Waals surface area contributed by atoms with Crippen LogP contribution in [-0.4, -0.2) is 28.4 Å². The Morgan fingerprint density at radius 2 is 1.78 bits per heavy atom. The Morgan fingerprint density at radius 1 is 1.08 bits per heavy atom. The molecule has 5 rings (SSSR count).